The molecular formula is C15H17NO3S. The number of nitrogens with zero attached hydrogens (tertiary/aromatic N) is 1. The molecule has 0 radical (unpaired) electrons. The summed E-state index contributed by atoms with van der Waals surface area (Å²) in [6.45, 7) is 1.92. The maximum Gasteiger partial charge on any atom is 0.379 e. The molecule has 1 aliphatic rings. The molecule has 0 saturated carbocycles. The molecule has 0 atom stereocenters. The second-order valence-electron chi connectivity index (χ2n) is 5.39. The third-order valence-corrected chi connectivity index (χ3v) is 7.61. The Hall–Kier alpha value is -1.88. The van der Waals surface area contributed by atoms with E-state index in [2.05, 4.69) is 0 Å². The smallest absolute Gasteiger partial charge is 0.379 e. The third kappa shape index (κ3) is 1.73. The molecule has 4 nitrogen and oxygen atoms in total. The highest BCUT2D eigenvalue weighted by Crippen LogP contribution is 2.38. The van der Waals surface area contributed by atoms with Gasteiger partial charge in [-0.2, -0.15) is 0 Å². The standard InChI is InChI=1S/C15H17NO3S/c1-12-10-13-6-2-3-7-14(13)16(12)11-20(19,15(17)18)8-4-5-9-20/h2-4,6-8,10H,5,9,11H2,1H3,(H,17,18). The van der Waals surface area contributed by atoms with E-state index < -0.39 is 14.4 Å². The highest BCUT2D eigenvalue weighted by atomic mass is 32.3. The van der Waals surface area contributed by atoms with Crippen molar-refractivity contribution < 1.29 is 14.1 Å². The first kappa shape index (κ1) is 13.1. The molecule has 0 bridgehead atoms. The van der Waals surface area contributed by atoms with Crippen LogP contribution in [0.2, 0.25) is 0 Å². The number of hydrogen-bond acceptors (Lipinski definition) is 2. The van der Waals surface area contributed by atoms with Gasteiger partial charge in [0.25, 0.3) is 0 Å². The molecule has 1 aromatic heterocycles. The van der Waals surface area contributed by atoms with Crippen molar-refractivity contribution in [2.24, 2.45) is 0 Å². The second kappa shape index (κ2) is 4.06. The number of hydrogen-bond donors (Lipinski definition) is 1. The van der Waals surface area contributed by atoms with Crippen LogP contribution in [0.3, 0.4) is 0 Å². The van der Waals surface area contributed by atoms with E-state index in [4.69, 9.17) is 0 Å². The Kier molecular flexibility index (Phi) is 2.66. The number of para-hydroxylation sites is 1. The summed E-state index contributed by atoms with van der Waals surface area (Å²) in [7, 11) is -3.82. The number of benzene rings is 1. The average Bonchev–Trinajstić information content (AvgIpc) is 2.94. The lowest BCUT2D eigenvalue weighted by Gasteiger charge is -2.32. The zero-order chi connectivity index (χ0) is 14.4. The van der Waals surface area contributed by atoms with Gasteiger partial charge in [-0.1, -0.05) is 24.3 Å². The summed E-state index contributed by atoms with van der Waals surface area (Å²) in [4.78, 5) is 11.7. The van der Waals surface area contributed by atoms with Gasteiger partial charge in [0.2, 0.25) is 0 Å². The molecule has 0 fully saturated rings. The van der Waals surface area contributed by atoms with Gasteiger partial charge in [0.05, 0.1) is 5.88 Å². The van der Waals surface area contributed by atoms with Gasteiger partial charge in [-0.3, -0.25) is 4.21 Å². The molecule has 2 aromatic rings. The first-order valence-corrected chi connectivity index (χ1v) is 8.89. The molecule has 3 rings (SSSR count). The van der Waals surface area contributed by atoms with Gasteiger partial charge in [-0.05, 0) is 36.3 Å². The van der Waals surface area contributed by atoms with Crippen molar-refractivity contribution in [1.82, 2.24) is 4.57 Å². The summed E-state index contributed by atoms with van der Waals surface area (Å²) < 4.78 is 15.1. The van der Waals surface area contributed by atoms with E-state index in [9.17, 15) is 14.1 Å². The van der Waals surface area contributed by atoms with E-state index in [0.717, 1.165) is 16.6 Å². The number of carboxylic acid groups (broad SMARTS) is 1. The van der Waals surface area contributed by atoms with E-state index in [-0.39, 0.29) is 11.6 Å². The minimum absolute atomic E-state index is 0.0301. The molecule has 0 unspecified atom stereocenters. The Labute approximate surface area is 117 Å². The summed E-state index contributed by atoms with van der Waals surface area (Å²) in [5, 5.41) is 10.8. The minimum Gasteiger partial charge on any atom is -0.472 e. The molecule has 0 spiro atoms. The quantitative estimate of drug-likeness (QED) is 0.923. The Morgan fingerprint density at radius 3 is 2.80 bits per heavy atom. The van der Waals surface area contributed by atoms with Crippen molar-refractivity contribution in [3.63, 3.8) is 0 Å². The fourth-order valence-corrected chi connectivity index (χ4v) is 5.69. The van der Waals surface area contributed by atoms with Crippen molar-refractivity contribution in [3.8, 4) is 0 Å². The van der Waals surface area contributed by atoms with Gasteiger partial charge in [0.1, 0.15) is 0 Å². The highest BCUT2D eigenvalue weighted by molar-refractivity contribution is 8.33. The van der Waals surface area contributed by atoms with Crippen LogP contribution < -0.4 is 0 Å². The van der Waals surface area contributed by atoms with Crippen LogP contribution in [-0.4, -0.2) is 24.9 Å². The predicted molar refractivity (Wildman–Crippen MR) is 81.5 cm³/mol. The molecule has 106 valence electrons. The van der Waals surface area contributed by atoms with E-state index in [1.54, 1.807) is 6.08 Å². The molecule has 2 heterocycles. The van der Waals surface area contributed by atoms with E-state index in [1.807, 2.05) is 41.8 Å². The molecule has 1 aromatic carbocycles. The number of fused-ring (bicyclic) bond motifs is 1. The largest absolute Gasteiger partial charge is 0.472 e. The van der Waals surface area contributed by atoms with Gasteiger partial charge in [-0.25, -0.2) is 4.79 Å². The molecule has 0 aliphatic carbocycles. The Morgan fingerprint density at radius 2 is 2.15 bits per heavy atom. The summed E-state index contributed by atoms with van der Waals surface area (Å²) in [5.41, 5.74) is 1.86. The molecule has 0 saturated heterocycles. The van der Waals surface area contributed by atoms with Crippen LogP contribution in [0.5, 0.6) is 0 Å². The van der Waals surface area contributed by atoms with E-state index in [0.29, 0.717) is 6.42 Å². The van der Waals surface area contributed by atoms with E-state index >= 15 is 0 Å². The number of aryl methyl sites for hydroxylation is 1. The average molecular weight is 291 g/mol. The first-order chi connectivity index (χ1) is 9.43. The normalized spacial score (nSPS) is 21.6. The predicted octanol–water partition coefficient (Wildman–Crippen LogP) is 3.32. The fraction of sp³-hybridized carbons (Fsp3) is 0.267. The van der Waals surface area contributed by atoms with Gasteiger partial charge in [-0.15, -0.1) is 0 Å². The summed E-state index contributed by atoms with van der Waals surface area (Å²) in [5.74, 6) is 0.237. The second-order valence-corrected chi connectivity index (χ2v) is 9.40. The Balaban J connectivity index is 2.18. The van der Waals surface area contributed by atoms with Crippen molar-refractivity contribution in [2.45, 2.75) is 19.2 Å². The molecule has 20 heavy (non-hydrogen) atoms. The van der Waals surface area contributed by atoms with Crippen molar-refractivity contribution in [1.29, 1.82) is 0 Å². The summed E-state index contributed by atoms with van der Waals surface area (Å²) >= 11 is 0. The number of aromatic nitrogens is 1. The van der Waals surface area contributed by atoms with Crippen LogP contribution in [0, 0.1) is 6.92 Å². The van der Waals surface area contributed by atoms with Crippen molar-refractivity contribution in [3.05, 3.63) is 47.5 Å². The molecule has 1 aliphatic heterocycles. The van der Waals surface area contributed by atoms with Crippen molar-refractivity contribution >= 4 is 25.3 Å². The Morgan fingerprint density at radius 1 is 1.40 bits per heavy atom. The van der Waals surface area contributed by atoms with Crippen LogP contribution in [0.1, 0.15) is 12.1 Å². The first-order valence-electron chi connectivity index (χ1n) is 6.52. The fourth-order valence-electron chi connectivity index (χ4n) is 2.80. The SMILES string of the molecule is Cc1cc2ccccc2n1CS1(=O)(C(=O)O)C=CCC1. The third-order valence-electron chi connectivity index (χ3n) is 3.99. The maximum atomic E-state index is 13.2. The highest BCUT2D eigenvalue weighted by Gasteiger charge is 2.45. The topological polar surface area (TPSA) is 59.3 Å². The summed E-state index contributed by atoms with van der Waals surface area (Å²) in [6, 6.07) is 9.76. The maximum absolute atomic E-state index is 13.2. The lowest BCUT2D eigenvalue weighted by Crippen LogP contribution is -2.43. The molecule has 5 heteroatoms. The van der Waals surface area contributed by atoms with Crippen LogP contribution in [0.4, 0.5) is 4.79 Å². The van der Waals surface area contributed by atoms with Crippen LogP contribution >= 0.6 is 0 Å². The van der Waals surface area contributed by atoms with Gasteiger partial charge in [0.15, 0.2) is 0 Å². The molecular weight excluding hydrogens is 274 g/mol. The monoisotopic (exact) mass is 291 g/mol. The van der Waals surface area contributed by atoms with Crippen molar-refractivity contribution in [2.75, 3.05) is 5.75 Å². The summed E-state index contributed by atoms with van der Waals surface area (Å²) in [6.07, 6.45) is 2.29. The minimum atomic E-state index is -3.82. The van der Waals surface area contributed by atoms with Gasteiger partial charge in [0, 0.05) is 26.0 Å². The van der Waals surface area contributed by atoms with Crippen LogP contribution in [-0.2, 0) is 14.9 Å². The van der Waals surface area contributed by atoms with Gasteiger partial charge >= 0.3 is 5.30 Å². The van der Waals surface area contributed by atoms with Crippen LogP contribution in [0.15, 0.2) is 41.8 Å². The van der Waals surface area contributed by atoms with Crippen LogP contribution in [0.25, 0.3) is 10.9 Å². The molecule has 0 amide bonds. The van der Waals surface area contributed by atoms with E-state index in [1.165, 1.54) is 5.41 Å². The lowest BCUT2D eigenvalue weighted by molar-refractivity contribution is 0.219. The number of allylic oxidation sites excluding steroid dienone is 1. The zero-order valence-electron chi connectivity index (χ0n) is 11.3. The number of rotatable bonds is 2. The Bertz CT molecular complexity index is 803. The lowest BCUT2D eigenvalue weighted by atomic mass is 10.2. The zero-order valence-corrected chi connectivity index (χ0v) is 12.1. The number of carbonyl (C=O) groups is 1. The van der Waals surface area contributed by atoms with Gasteiger partial charge < -0.3 is 9.67 Å². The molecule has 1 N–H and O–H groups in total.